The minimum atomic E-state index is 0.978. The number of fused-ring (bicyclic) bond motifs is 12. The average molecular weight is 383 g/mol. The van der Waals surface area contributed by atoms with E-state index in [1.54, 1.807) is 0 Å². The van der Waals surface area contributed by atoms with E-state index < -0.39 is 0 Å². The zero-order valence-electron chi connectivity index (χ0n) is 16.9. The molecule has 1 nitrogen and oxygen atoms in total. The normalized spacial score (nSPS) is 12.8. The van der Waals surface area contributed by atoms with Gasteiger partial charge in [0.2, 0.25) is 0 Å². The van der Waals surface area contributed by atoms with Crippen LogP contribution in [0.25, 0.3) is 54.5 Å². The number of para-hydroxylation sites is 1. The van der Waals surface area contributed by atoms with Crippen molar-refractivity contribution in [2.45, 2.75) is 19.9 Å². The number of hydrogen-bond acceptors (Lipinski definition) is 0. The lowest BCUT2D eigenvalue weighted by atomic mass is 9.93. The van der Waals surface area contributed by atoms with Gasteiger partial charge < -0.3 is 4.57 Å². The van der Waals surface area contributed by atoms with E-state index in [1.165, 1.54) is 65.6 Å². The molecule has 30 heavy (non-hydrogen) atoms. The molecule has 0 saturated carbocycles. The van der Waals surface area contributed by atoms with Crippen molar-refractivity contribution in [3.8, 4) is 11.1 Å². The van der Waals surface area contributed by atoms with Crippen LogP contribution in [-0.4, -0.2) is 4.57 Å². The van der Waals surface area contributed by atoms with Gasteiger partial charge in [-0.15, -0.1) is 0 Å². The van der Waals surface area contributed by atoms with Gasteiger partial charge in [-0.25, -0.2) is 0 Å². The molecule has 1 heterocycles. The Labute approximate surface area is 175 Å². The molecule has 0 radical (unpaired) electrons. The minimum absolute atomic E-state index is 0.978. The van der Waals surface area contributed by atoms with Crippen LogP contribution in [0, 0.1) is 0 Å². The predicted octanol–water partition coefficient (Wildman–Crippen LogP) is 7.69. The summed E-state index contributed by atoms with van der Waals surface area (Å²) in [5.41, 5.74) is 8.59. The lowest BCUT2D eigenvalue weighted by Crippen LogP contribution is -1.97. The molecule has 0 amide bonds. The fraction of sp³-hybridized carbons (Fsp3) is 0.103. The van der Waals surface area contributed by atoms with Gasteiger partial charge in [0.05, 0.1) is 5.52 Å². The van der Waals surface area contributed by atoms with Crippen LogP contribution in [0.2, 0.25) is 0 Å². The molecule has 0 aliphatic heterocycles. The summed E-state index contributed by atoms with van der Waals surface area (Å²) in [4.78, 5) is 0. The third-order valence-corrected chi connectivity index (χ3v) is 7.00. The number of aryl methyl sites for hydroxylation is 1. The molecular formula is C29H21N. The molecule has 0 saturated heterocycles. The van der Waals surface area contributed by atoms with Gasteiger partial charge >= 0.3 is 0 Å². The maximum Gasteiger partial charge on any atom is 0.0540 e. The Morgan fingerprint density at radius 3 is 2.20 bits per heavy atom. The Hall–Kier alpha value is -3.58. The second-order valence-corrected chi connectivity index (χ2v) is 8.37. The van der Waals surface area contributed by atoms with Gasteiger partial charge in [-0.1, -0.05) is 78.9 Å². The Morgan fingerprint density at radius 1 is 0.667 bits per heavy atom. The van der Waals surface area contributed by atoms with Gasteiger partial charge in [0.1, 0.15) is 0 Å². The topological polar surface area (TPSA) is 4.93 Å². The van der Waals surface area contributed by atoms with Crippen LogP contribution in [0.15, 0.2) is 84.9 Å². The smallest absolute Gasteiger partial charge is 0.0540 e. The van der Waals surface area contributed by atoms with Gasteiger partial charge in [0, 0.05) is 29.3 Å². The monoisotopic (exact) mass is 383 g/mol. The quantitative estimate of drug-likeness (QED) is 0.274. The molecule has 0 N–H and O–H groups in total. The number of nitrogens with zero attached hydrogens (tertiary/aromatic N) is 1. The first-order valence-electron chi connectivity index (χ1n) is 10.8. The van der Waals surface area contributed by atoms with E-state index in [0.717, 1.165) is 13.0 Å². The van der Waals surface area contributed by atoms with Crippen molar-refractivity contribution in [3.05, 3.63) is 96.1 Å². The predicted molar refractivity (Wildman–Crippen MR) is 128 cm³/mol. The molecule has 142 valence electrons. The van der Waals surface area contributed by atoms with E-state index in [2.05, 4.69) is 96.4 Å². The maximum atomic E-state index is 2.53. The lowest BCUT2D eigenvalue weighted by molar-refractivity contribution is 0.824. The van der Waals surface area contributed by atoms with Gasteiger partial charge in [-0.2, -0.15) is 0 Å². The van der Waals surface area contributed by atoms with E-state index in [0.29, 0.717) is 0 Å². The van der Waals surface area contributed by atoms with E-state index in [4.69, 9.17) is 0 Å². The third kappa shape index (κ3) is 1.88. The highest BCUT2D eigenvalue weighted by molar-refractivity contribution is 6.26. The van der Waals surface area contributed by atoms with Crippen LogP contribution in [-0.2, 0) is 13.0 Å². The van der Waals surface area contributed by atoms with Crippen LogP contribution in [0.4, 0.5) is 0 Å². The number of aromatic nitrogens is 1. The molecule has 0 unspecified atom stereocenters. The second kappa shape index (κ2) is 5.73. The number of hydrogen-bond donors (Lipinski definition) is 0. The molecule has 0 bridgehead atoms. The fourth-order valence-corrected chi connectivity index (χ4v) is 5.84. The lowest BCUT2D eigenvalue weighted by Gasteiger charge is -2.12. The highest BCUT2D eigenvalue weighted by atomic mass is 15.0. The van der Waals surface area contributed by atoms with Crippen LogP contribution >= 0.6 is 0 Å². The minimum Gasteiger partial charge on any atom is -0.340 e. The van der Waals surface area contributed by atoms with E-state index in [1.807, 2.05) is 0 Å². The molecule has 1 aromatic heterocycles. The van der Waals surface area contributed by atoms with Gasteiger partial charge in [-0.05, 0) is 56.8 Å². The molecule has 0 spiro atoms. The van der Waals surface area contributed by atoms with Gasteiger partial charge in [-0.3, -0.25) is 0 Å². The third-order valence-electron chi connectivity index (χ3n) is 7.00. The van der Waals surface area contributed by atoms with Gasteiger partial charge in [0.15, 0.2) is 0 Å². The summed E-state index contributed by atoms with van der Waals surface area (Å²) >= 11 is 0. The summed E-state index contributed by atoms with van der Waals surface area (Å²) < 4.78 is 2.53. The van der Waals surface area contributed by atoms with Crippen molar-refractivity contribution in [2.24, 2.45) is 0 Å². The second-order valence-electron chi connectivity index (χ2n) is 8.37. The molecule has 5 aromatic carbocycles. The molecule has 1 aliphatic rings. The maximum absolute atomic E-state index is 2.53. The summed E-state index contributed by atoms with van der Waals surface area (Å²) in [6.45, 7) is 3.25. The van der Waals surface area contributed by atoms with Crippen molar-refractivity contribution in [1.29, 1.82) is 0 Å². The van der Waals surface area contributed by atoms with Crippen LogP contribution in [0.1, 0.15) is 18.1 Å². The summed E-state index contributed by atoms with van der Waals surface area (Å²) in [5, 5.41) is 8.26. The van der Waals surface area contributed by atoms with Crippen LogP contribution in [0.3, 0.4) is 0 Å². The zero-order chi connectivity index (χ0) is 19.8. The van der Waals surface area contributed by atoms with Crippen molar-refractivity contribution < 1.29 is 0 Å². The highest BCUT2D eigenvalue weighted by Crippen LogP contribution is 2.49. The average Bonchev–Trinajstić information content (AvgIpc) is 3.35. The van der Waals surface area contributed by atoms with Crippen molar-refractivity contribution in [1.82, 2.24) is 4.57 Å². The molecule has 0 atom stereocenters. The van der Waals surface area contributed by atoms with E-state index in [9.17, 15) is 0 Å². The Balaban J connectivity index is 1.75. The van der Waals surface area contributed by atoms with Crippen molar-refractivity contribution in [2.75, 3.05) is 0 Å². The van der Waals surface area contributed by atoms with Crippen LogP contribution < -0.4 is 0 Å². The molecule has 0 fully saturated rings. The Bertz CT molecular complexity index is 1650. The summed E-state index contributed by atoms with van der Waals surface area (Å²) in [5.74, 6) is 0. The zero-order valence-corrected chi connectivity index (χ0v) is 16.9. The molecule has 7 rings (SSSR count). The first-order valence-corrected chi connectivity index (χ1v) is 10.8. The standard InChI is InChI=1S/C29H21N/c1-2-30-26-14-8-7-13-23(26)28-21-12-6-5-11-20(21)27-22-16-15-18-9-3-4-10-19(18)24(22)17-25(27)29(28)30/h3-16H,2,17H2,1H3. The van der Waals surface area contributed by atoms with Crippen LogP contribution in [0.5, 0.6) is 0 Å². The molecular weight excluding hydrogens is 362 g/mol. The van der Waals surface area contributed by atoms with E-state index in [-0.39, 0.29) is 0 Å². The highest BCUT2D eigenvalue weighted by Gasteiger charge is 2.28. The first-order chi connectivity index (χ1) is 14.9. The van der Waals surface area contributed by atoms with Crippen molar-refractivity contribution in [3.63, 3.8) is 0 Å². The first kappa shape index (κ1) is 16.2. The molecule has 1 aliphatic carbocycles. The van der Waals surface area contributed by atoms with Gasteiger partial charge in [0.25, 0.3) is 0 Å². The Morgan fingerprint density at radius 2 is 1.37 bits per heavy atom. The summed E-state index contributed by atoms with van der Waals surface area (Å²) in [7, 11) is 0. The molecule has 6 aromatic rings. The number of benzene rings is 5. The fourth-order valence-electron chi connectivity index (χ4n) is 5.84. The summed E-state index contributed by atoms with van der Waals surface area (Å²) in [6.07, 6.45) is 1.00. The SMILES string of the molecule is CCn1c2ccccc2c2c3ccccc3c3c(c21)Cc1c-3ccc2ccccc12. The Kier molecular flexibility index (Phi) is 3.10. The summed E-state index contributed by atoms with van der Waals surface area (Å²) in [6, 6.07) is 31.4. The van der Waals surface area contributed by atoms with Crippen molar-refractivity contribution >= 4 is 43.4 Å². The molecule has 1 heteroatoms. The number of rotatable bonds is 1. The van der Waals surface area contributed by atoms with E-state index >= 15 is 0 Å². The largest absolute Gasteiger partial charge is 0.340 e.